The summed E-state index contributed by atoms with van der Waals surface area (Å²) in [6.07, 6.45) is 3.71. The molecule has 0 bridgehead atoms. The average Bonchev–Trinajstić information content (AvgIpc) is 2.40. The van der Waals surface area contributed by atoms with Crippen LogP contribution in [0.1, 0.15) is 39.5 Å². The van der Waals surface area contributed by atoms with Gasteiger partial charge >= 0.3 is 6.09 Å². The number of ether oxygens (including phenoxy) is 1. The van der Waals surface area contributed by atoms with Crippen LogP contribution in [0.2, 0.25) is 0 Å². The van der Waals surface area contributed by atoms with Gasteiger partial charge in [-0.2, -0.15) is 0 Å². The minimum Gasteiger partial charge on any atom is -0.447 e. The molecule has 1 unspecified atom stereocenters. The van der Waals surface area contributed by atoms with Crippen molar-refractivity contribution in [2.24, 2.45) is 0 Å². The second-order valence-electron chi connectivity index (χ2n) is 4.31. The van der Waals surface area contributed by atoms with Crippen molar-refractivity contribution in [3.8, 4) is 0 Å². The van der Waals surface area contributed by atoms with Crippen molar-refractivity contribution in [2.75, 3.05) is 13.2 Å². The summed E-state index contributed by atoms with van der Waals surface area (Å²) >= 11 is 0. The maximum absolute atomic E-state index is 11.7. The molecule has 1 saturated heterocycles. The van der Waals surface area contributed by atoms with Gasteiger partial charge in [0, 0.05) is 6.54 Å². The number of carbonyl (C=O) groups is 1. The third-order valence-electron chi connectivity index (χ3n) is 2.66. The molecule has 0 aliphatic carbocycles. The molecule has 0 aromatic carbocycles. The van der Waals surface area contributed by atoms with Crippen molar-refractivity contribution >= 4 is 6.09 Å². The number of carbonyl (C=O) groups excluding carboxylic acids is 1. The number of aliphatic hydroxyl groups excluding tert-OH is 1. The zero-order valence-electron chi connectivity index (χ0n) is 9.61. The highest BCUT2D eigenvalue weighted by Gasteiger charge is 2.26. The fourth-order valence-electron chi connectivity index (χ4n) is 1.88. The molecule has 0 radical (unpaired) electrons. The molecule has 0 spiro atoms. The van der Waals surface area contributed by atoms with Crippen LogP contribution >= 0.6 is 0 Å². The summed E-state index contributed by atoms with van der Waals surface area (Å²) in [6, 6.07) is -0.0567. The first-order valence-corrected chi connectivity index (χ1v) is 5.73. The summed E-state index contributed by atoms with van der Waals surface area (Å²) in [7, 11) is 0. The van der Waals surface area contributed by atoms with E-state index in [4.69, 9.17) is 4.74 Å². The van der Waals surface area contributed by atoms with Crippen LogP contribution in [0.15, 0.2) is 0 Å². The van der Waals surface area contributed by atoms with Crippen LogP contribution < -0.4 is 0 Å². The zero-order valence-corrected chi connectivity index (χ0v) is 9.61. The number of rotatable bonds is 2. The summed E-state index contributed by atoms with van der Waals surface area (Å²) in [5.41, 5.74) is 0. The van der Waals surface area contributed by atoms with Gasteiger partial charge in [0.1, 0.15) is 0 Å². The second kappa shape index (κ2) is 5.95. The van der Waals surface area contributed by atoms with Gasteiger partial charge in [-0.25, -0.2) is 4.79 Å². The van der Waals surface area contributed by atoms with E-state index in [0.29, 0.717) is 6.54 Å². The molecule has 0 saturated carbocycles. The number of hydrogen-bond acceptors (Lipinski definition) is 3. The molecule has 4 nitrogen and oxygen atoms in total. The molecule has 1 aliphatic heterocycles. The van der Waals surface area contributed by atoms with Gasteiger partial charge in [-0.15, -0.1) is 0 Å². The number of nitrogens with zero attached hydrogens (tertiary/aromatic N) is 1. The highest BCUT2D eigenvalue weighted by Crippen LogP contribution is 2.17. The molecule has 4 heteroatoms. The van der Waals surface area contributed by atoms with Crippen LogP contribution in [-0.2, 0) is 4.74 Å². The van der Waals surface area contributed by atoms with Gasteiger partial charge in [0.2, 0.25) is 0 Å². The van der Waals surface area contributed by atoms with E-state index in [-0.39, 0.29) is 24.8 Å². The fraction of sp³-hybridized carbons (Fsp3) is 0.909. The highest BCUT2D eigenvalue weighted by atomic mass is 16.6. The second-order valence-corrected chi connectivity index (χ2v) is 4.31. The van der Waals surface area contributed by atoms with E-state index in [1.807, 2.05) is 13.8 Å². The molecule has 0 aromatic heterocycles. The molecule has 1 atom stereocenters. The van der Waals surface area contributed by atoms with E-state index < -0.39 is 0 Å². The van der Waals surface area contributed by atoms with Gasteiger partial charge in [0.05, 0.1) is 18.8 Å². The minimum absolute atomic E-state index is 0.0349. The van der Waals surface area contributed by atoms with E-state index in [1.54, 1.807) is 4.90 Å². The van der Waals surface area contributed by atoms with Crippen LogP contribution in [0.5, 0.6) is 0 Å². The Morgan fingerprint density at radius 3 is 2.80 bits per heavy atom. The summed E-state index contributed by atoms with van der Waals surface area (Å²) in [5, 5.41) is 9.22. The Balaban J connectivity index is 2.57. The van der Waals surface area contributed by atoms with E-state index >= 15 is 0 Å². The van der Waals surface area contributed by atoms with Crippen LogP contribution in [0.4, 0.5) is 4.79 Å². The lowest BCUT2D eigenvalue weighted by molar-refractivity contribution is 0.0514. The molecule has 15 heavy (non-hydrogen) atoms. The number of aliphatic hydroxyl groups is 1. The monoisotopic (exact) mass is 215 g/mol. The number of hydrogen-bond donors (Lipinski definition) is 1. The Hall–Kier alpha value is -0.770. The van der Waals surface area contributed by atoms with Crippen molar-refractivity contribution in [3.63, 3.8) is 0 Å². The lowest BCUT2D eigenvalue weighted by atomic mass is 10.1. The van der Waals surface area contributed by atoms with Crippen LogP contribution in [0.25, 0.3) is 0 Å². The van der Waals surface area contributed by atoms with E-state index in [9.17, 15) is 9.90 Å². The van der Waals surface area contributed by atoms with Gasteiger partial charge in [0.15, 0.2) is 0 Å². The maximum Gasteiger partial charge on any atom is 0.410 e. The SMILES string of the molecule is CC(C)OC(=O)N1CCCCCC1CO. The van der Waals surface area contributed by atoms with Crippen molar-refractivity contribution in [1.29, 1.82) is 0 Å². The quantitative estimate of drug-likeness (QED) is 0.763. The fourth-order valence-corrected chi connectivity index (χ4v) is 1.88. The van der Waals surface area contributed by atoms with Crippen LogP contribution in [0.3, 0.4) is 0 Å². The van der Waals surface area contributed by atoms with Gasteiger partial charge in [-0.05, 0) is 26.7 Å². The summed E-state index contributed by atoms with van der Waals surface area (Å²) in [4.78, 5) is 13.4. The summed E-state index contributed by atoms with van der Waals surface area (Å²) in [6.45, 7) is 4.41. The molecule has 1 amide bonds. The van der Waals surface area contributed by atoms with Crippen LogP contribution in [0, 0.1) is 0 Å². The van der Waals surface area contributed by atoms with E-state index in [2.05, 4.69) is 0 Å². The maximum atomic E-state index is 11.7. The van der Waals surface area contributed by atoms with Gasteiger partial charge < -0.3 is 14.7 Å². The molecule has 1 N–H and O–H groups in total. The average molecular weight is 215 g/mol. The first-order valence-electron chi connectivity index (χ1n) is 5.73. The molecular formula is C11H21NO3. The minimum atomic E-state index is -0.286. The standard InChI is InChI=1S/C11H21NO3/c1-9(2)15-11(14)12-7-5-3-4-6-10(12)8-13/h9-10,13H,3-8H2,1-2H3. The Kier molecular flexibility index (Phi) is 4.88. The van der Waals surface area contributed by atoms with Crippen molar-refractivity contribution in [1.82, 2.24) is 4.90 Å². The van der Waals surface area contributed by atoms with E-state index in [0.717, 1.165) is 25.7 Å². The smallest absolute Gasteiger partial charge is 0.410 e. The lowest BCUT2D eigenvalue weighted by Crippen LogP contribution is -2.43. The molecular weight excluding hydrogens is 194 g/mol. The van der Waals surface area contributed by atoms with Gasteiger partial charge in [0.25, 0.3) is 0 Å². The van der Waals surface area contributed by atoms with Crippen molar-refractivity contribution in [3.05, 3.63) is 0 Å². The third kappa shape index (κ3) is 3.70. The summed E-state index contributed by atoms with van der Waals surface area (Å²) < 4.78 is 5.15. The molecule has 1 rings (SSSR count). The van der Waals surface area contributed by atoms with Crippen LogP contribution in [-0.4, -0.2) is 41.4 Å². The largest absolute Gasteiger partial charge is 0.447 e. The van der Waals surface area contributed by atoms with Crippen molar-refractivity contribution in [2.45, 2.75) is 51.7 Å². The Bertz CT molecular complexity index is 206. The predicted octanol–water partition coefficient (Wildman–Crippen LogP) is 1.77. The third-order valence-corrected chi connectivity index (χ3v) is 2.66. The van der Waals surface area contributed by atoms with Gasteiger partial charge in [-0.1, -0.05) is 12.8 Å². The predicted molar refractivity (Wildman–Crippen MR) is 57.7 cm³/mol. The first kappa shape index (κ1) is 12.3. The zero-order chi connectivity index (χ0) is 11.3. The Morgan fingerprint density at radius 2 is 2.20 bits per heavy atom. The molecule has 0 aromatic rings. The Labute approximate surface area is 91.2 Å². The molecule has 1 fully saturated rings. The topological polar surface area (TPSA) is 49.8 Å². The highest BCUT2D eigenvalue weighted by molar-refractivity contribution is 5.68. The normalized spacial score (nSPS) is 22.7. The summed E-state index contributed by atoms with van der Waals surface area (Å²) in [5.74, 6) is 0. The first-order chi connectivity index (χ1) is 7.15. The Morgan fingerprint density at radius 1 is 1.47 bits per heavy atom. The van der Waals surface area contributed by atoms with Gasteiger partial charge in [-0.3, -0.25) is 0 Å². The van der Waals surface area contributed by atoms with E-state index in [1.165, 1.54) is 0 Å². The lowest BCUT2D eigenvalue weighted by Gasteiger charge is -2.28. The van der Waals surface area contributed by atoms with Crippen molar-refractivity contribution < 1.29 is 14.6 Å². The molecule has 1 heterocycles. The number of likely N-dealkylation sites (tertiary alicyclic amines) is 1. The molecule has 1 aliphatic rings. The molecule has 88 valence electrons. The number of amides is 1.